The van der Waals surface area contributed by atoms with Crippen molar-refractivity contribution in [3.05, 3.63) is 55.1 Å². The van der Waals surface area contributed by atoms with Gasteiger partial charge in [0.1, 0.15) is 0 Å². The highest BCUT2D eigenvalue weighted by Gasteiger charge is 2.16. The molecule has 21 heavy (non-hydrogen) atoms. The Morgan fingerprint density at radius 3 is 2.81 bits per heavy atom. The van der Waals surface area contributed by atoms with E-state index < -0.39 is 0 Å². The number of aryl methyl sites for hydroxylation is 1. The third-order valence-corrected chi connectivity index (χ3v) is 5.07. The van der Waals surface area contributed by atoms with Crippen LogP contribution in [0.1, 0.15) is 24.1 Å². The van der Waals surface area contributed by atoms with Gasteiger partial charge < -0.3 is 9.73 Å². The molecule has 2 heterocycles. The molecule has 0 saturated heterocycles. The quantitative estimate of drug-likeness (QED) is 0.764. The van der Waals surface area contributed by atoms with E-state index in [2.05, 4.69) is 32.7 Å². The molecule has 1 N–H and O–H groups in total. The Kier molecular flexibility index (Phi) is 4.01. The zero-order valence-corrected chi connectivity index (χ0v) is 14.1. The van der Waals surface area contributed by atoms with Crippen LogP contribution in [0.3, 0.4) is 0 Å². The monoisotopic (exact) mass is 366 g/mol. The second-order valence-electron chi connectivity index (χ2n) is 4.75. The molecule has 0 fully saturated rings. The fourth-order valence-electron chi connectivity index (χ4n) is 2.56. The Bertz CT molecular complexity index is 834. The Labute approximate surface area is 134 Å². The number of fused-ring (bicyclic) bond motifs is 1. The van der Waals surface area contributed by atoms with Crippen LogP contribution in [-0.2, 0) is 6.54 Å². The first-order valence-corrected chi connectivity index (χ1v) is 8.35. The number of nitrogens with zero attached hydrogens (tertiary/aromatic N) is 1. The fourth-order valence-corrected chi connectivity index (χ4v) is 3.76. The van der Waals surface area contributed by atoms with Crippen LogP contribution in [0.4, 0.5) is 0 Å². The van der Waals surface area contributed by atoms with E-state index >= 15 is 0 Å². The predicted molar refractivity (Wildman–Crippen MR) is 89.1 cm³/mol. The van der Waals surface area contributed by atoms with Gasteiger partial charge in [-0.2, -0.15) is 0 Å². The largest absolute Gasteiger partial charge is 0.419 e. The van der Waals surface area contributed by atoms with E-state index in [-0.39, 0.29) is 11.8 Å². The molecule has 1 atom stereocenters. The molecule has 0 radical (unpaired) electrons. The Balaban J connectivity index is 2.09. The molecule has 4 nitrogen and oxygen atoms in total. The van der Waals surface area contributed by atoms with Gasteiger partial charge in [-0.05, 0) is 64.6 Å². The molecule has 0 aliphatic heterocycles. The van der Waals surface area contributed by atoms with Gasteiger partial charge in [0.05, 0.1) is 15.3 Å². The van der Waals surface area contributed by atoms with Crippen molar-refractivity contribution in [1.82, 2.24) is 9.88 Å². The van der Waals surface area contributed by atoms with E-state index in [1.54, 1.807) is 15.9 Å². The van der Waals surface area contributed by atoms with E-state index in [1.807, 2.05) is 32.2 Å². The number of hydrogen-bond acceptors (Lipinski definition) is 4. The van der Waals surface area contributed by atoms with Crippen LogP contribution in [-0.4, -0.2) is 11.6 Å². The average Bonchev–Trinajstić information content (AvgIpc) is 3.02. The molecule has 0 aliphatic carbocycles. The van der Waals surface area contributed by atoms with E-state index in [4.69, 9.17) is 4.42 Å². The third kappa shape index (κ3) is 2.59. The predicted octanol–water partition coefficient (Wildman–Crippen LogP) is 3.75. The van der Waals surface area contributed by atoms with Gasteiger partial charge in [-0.25, -0.2) is 4.79 Å². The summed E-state index contributed by atoms with van der Waals surface area (Å²) in [6.45, 7) is 2.54. The number of nitrogens with one attached hydrogen (secondary N) is 1. The lowest BCUT2D eigenvalue weighted by atomic mass is 10.0. The summed E-state index contributed by atoms with van der Waals surface area (Å²) < 4.78 is 8.07. The SMILES string of the molecule is CCn1c(=O)oc2cc(C(NC)c3csc(Br)c3)ccc21. The average molecular weight is 367 g/mol. The summed E-state index contributed by atoms with van der Waals surface area (Å²) in [6, 6.07) is 8.10. The highest BCUT2D eigenvalue weighted by atomic mass is 79.9. The van der Waals surface area contributed by atoms with Crippen molar-refractivity contribution in [3.8, 4) is 0 Å². The number of halogens is 1. The summed E-state index contributed by atoms with van der Waals surface area (Å²) in [7, 11) is 1.92. The Morgan fingerprint density at radius 2 is 2.19 bits per heavy atom. The van der Waals surface area contributed by atoms with Crippen LogP contribution in [0.2, 0.25) is 0 Å². The summed E-state index contributed by atoms with van der Waals surface area (Å²) in [5.74, 6) is -0.302. The van der Waals surface area contributed by atoms with Crippen molar-refractivity contribution in [2.45, 2.75) is 19.5 Å². The smallest absolute Gasteiger partial charge is 0.408 e. The minimum atomic E-state index is -0.302. The molecule has 1 unspecified atom stereocenters. The van der Waals surface area contributed by atoms with Gasteiger partial charge in [0.25, 0.3) is 0 Å². The van der Waals surface area contributed by atoms with Gasteiger partial charge in [-0.1, -0.05) is 6.07 Å². The number of rotatable bonds is 4. The van der Waals surface area contributed by atoms with E-state index in [0.717, 1.165) is 14.9 Å². The second-order valence-corrected chi connectivity index (χ2v) is 7.04. The normalized spacial score (nSPS) is 12.9. The molecule has 1 aromatic carbocycles. The van der Waals surface area contributed by atoms with Crippen LogP contribution >= 0.6 is 27.3 Å². The van der Waals surface area contributed by atoms with Crippen molar-refractivity contribution >= 4 is 38.4 Å². The molecule has 2 aromatic heterocycles. The summed E-state index contributed by atoms with van der Waals surface area (Å²) in [6.07, 6.45) is 0. The van der Waals surface area contributed by atoms with Crippen LogP contribution in [0, 0.1) is 0 Å². The maximum Gasteiger partial charge on any atom is 0.419 e. The molecule has 3 aromatic rings. The minimum Gasteiger partial charge on any atom is -0.408 e. The molecule has 0 spiro atoms. The van der Waals surface area contributed by atoms with Crippen molar-refractivity contribution in [3.63, 3.8) is 0 Å². The Hall–Kier alpha value is -1.37. The first-order valence-electron chi connectivity index (χ1n) is 6.68. The van der Waals surface area contributed by atoms with Crippen LogP contribution in [0.15, 0.2) is 42.6 Å². The van der Waals surface area contributed by atoms with Gasteiger partial charge in [-0.3, -0.25) is 4.57 Å². The van der Waals surface area contributed by atoms with Crippen LogP contribution in [0.25, 0.3) is 11.1 Å². The molecule has 0 bridgehead atoms. The third-order valence-electron chi connectivity index (χ3n) is 3.55. The number of thiophene rings is 1. The summed E-state index contributed by atoms with van der Waals surface area (Å²) in [5.41, 5.74) is 3.74. The standard InChI is InChI=1S/C15H15BrN2O2S/c1-3-18-11-5-4-9(6-12(11)20-15(18)19)14(17-2)10-7-13(16)21-8-10/h4-8,14,17H,3H2,1-2H3. The summed E-state index contributed by atoms with van der Waals surface area (Å²) in [4.78, 5) is 11.8. The minimum absolute atomic E-state index is 0.0761. The topological polar surface area (TPSA) is 47.2 Å². The highest BCUT2D eigenvalue weighted by Crippen LogP contribution is 2.30. The van der Waals surface area contributed by atoms with Gasteiger partial charge in [0.2, 0.25) is 0 Å². The molecular weight excluding hydrogens is 352 g/mol. The summed E-state index contributed by atoms with van der Waals surface area (Å²) >= 11 is 5.15. The molecule has 0 aliphatic rings. The zero-order valence-electron chi connectivity index (χ0n) is 11.7. The van der Waals surface area contributed by atoms with Crippen LogP contribution < -0.4 is 11.1 Å². The number of hydrogen-bond donors (Lipinski definition) is 1. The van der Waals surface area contributed by atoms with E-state index in [9.17, 15) is 4.79 Å². The second kappa shape index (κ2) is 5.79. The van der Waals surface area contributed by atoms with E-state index in [0.29, 0.717) is 12.1 Å². The number of benzene rings is 1. The molecule has 0 amide bonds. The lowest BCUT2D eigenvalue weighted by Crippen LogP contribution is -2.16. The zero-order chi connectivity index (χ0) is 15.0. The fraction of sp³-hybridized carbons (Fsp3) is 0.267. The first-order chi connectivity index (χ1) is 10.1. The van der Waals surface area contributed by atoms with Crippen molar-refractivity contribution in [2.75, 3.05) is 7.05 Å². The van der Waals surface area contributed by atoms with Gasteiger partial charge >= 0.3 is 5.76 Å². The molecule has 0 saturated carbocycles. The molecule has 6 heteroatoms. The first kappa shape index (κ1) is 14.6. The highest BCUT2D eigenvalue weighted by molar-refractivity contribution is 9.11. The van der Waals surface area contributed by atoms with Crippen molar-refractivity contribution in [1.29, 1.82) is 0 Å². The van der Waals surface area contributed by atoms with Gasteiger partial charge in [-0.15, -0.1) is 11.3 Å². The molecule has 3 rings (SSSR count). The summed E-state index contributed by atoms with van der Waals surface area (Å²) in [5, 5.41) is 5.42. The lowest BCUT2D eigenvalue weighted by molar-refractivity contribution is 0.512. The lowest BCUT2D eigenvalue weighted by Gasteiger charge is -2.15. The van der Waals surface area contributed by atoms with Gasteiger partial charge in [0.15, 0.2) is 5.58 Å². The molecule has 110 valence electrons. The van der Waals surface area contributed by atoms with Crippen molar-refractivity contribution in [2.24, 2.45) is 0 Å². The van der Waals surface area contributed by atoms with Crippen molar-refractivity contribution < 1.29 is 4.42 Å². The van der Waals surface area contributed by atoms with Crippen LogP contribution in [0.5, 0.6) is 0 Å². The van der Waals surface area contributed by atoms with E-state index in [1.165, 1.54) is 5.56 Å². The van der Waals surface area contributed by atoms with Gasteiger partial charge in [0, 0.05) is 6.54 Å². The number of oxazole rings is 1. The number of aromatic nitrogens is 1. The Morgan fingerprint density at radius 1 is 1.38 bits per heavy atom. The maximum absolute atomic E-state index is 11.8. The maximum atomic E-state index is 11.8. The molecular formula is C15H15BrN2O2S.